The van der Waals surface area contributed by atoms with Crippen LogP contribution in [0.3, 0.4) is 0 Å². The molecule has 0 saturated carbocycles. The minimum absolute atomic E-state index is 0.0416. The highest BCUT2D eigenvalue weighted by molar-refractivity contribution is 6.31. The number of nitrogens with zero attached hydrogens (tertiary/aromatic N) is 6. The van der Waals surface area contributed by atoms with Gasteiger partial charge in [-0.2, -0.15) is 4.98 Å². The first kappa shape index (κ1) is 31.8. The molecule has 0 unspecified atom stereocenters. The summed E-state index contributed by atoms with van der Waals surface area (Å²) in [5.74, 6) is -0.464. The summed E-state index contributed by atoms with van der Waals surface area (Å²) in [6.45, 7) is 3.70. The van der Waals surface area contributed by atoms with Gasteiger partial charge in [-0.05, 0) is 80.6 Å². The van der Waals surface area contributed by atoms with Gasteiger partial charge in [0.1, 0.15) is 5.65 Å². The number of benzene rings is 2. The number of nitrogens with one attached hydrogen (secondary N) is 2. The molecule has 5 aromatic rings. The standard InChI is InChI=1S/C31H37ClFN11O/c1-19(34)4-2-5-20-14-24(28(33)25(32)15-20)26-16-22-17-44(31(45)41-29(22)40-26)23-8-6-21(7-9-23)27(18-43-13-12-39-42-43)37-10-3-11-38-30(35)36/h6-9,12-17,19,27,37H,2-5,10-11,18,34H2,1H3,(H4,35,36,38)(H,40,41,45)/t19-,27-/m0/s1. The molecule has 2 atom stereocenters. The summed E-state index contributed by atoms with van der Waals surface area (Å²) < 4.78 is 18.4. The Morgan fingerprint density at radius 1 is 1.18 bits per heavy atom. The summed E-state index contributed by atoms with van der Waals surface area (Å²) in [6, 6.07) is 12.8. The van der Waals surface area contributed by atoms with Crippen molar-refractivity contribution in [1.29, 1.82) is 0 Å². The van der Waals surface area contributed by atoms with Crippen LogP contribution in [0.15, 0.2) is 70.8 Å². The van der Waals surface area contributed by atoms with Crippen LogP contribution in [0.4, 0.5) is 4.39 Å². The fraction of sp³-hybridized carbons (Fsp3) is 0.323. The fourth-order valence-corrected chi connectivity index (χ4v) is 5.42. The highest BCUT2D eigenvalue weighted by Crippen LogP contribution is 2.31. The van der Waals surface area contributed by atoms with Crippen LogP contribution in [0.1, 0.15) is 43.4 Å². The molecule has 3 aromatic heterocycles. The molecule has 14 heteroatoms. The number of aromatic nitrogens is 6. The molecule has 0 spiro atoms. The number of aryl methyl sites for hydroxylation is 1. The third kappa shape index (κ3) is 8.12. The van der Waals surface area contributed by atoms with Gasteiger partial charge >= 0.3 is 5.69 Å². The summed E-state index contributed by atoms with van der Waals surface area (Å²) in [4.78, 5) is 24.4. The molecule has 0 aliphatic heterocycles. The molecule has 0 bridgehead atoms. The highest BCUT2D eigenvalue weighted by atomic mass is 35.5. The maximum absolute atomic E-state index is 15.2. The molecule has 0 aliphatic carbocycles. The van der Waals surface area contributed by atoms with Crippen LogP contribution in [-0.4, -0.2) is 54.6 Å². The van der Waals surface area contributed by atoms with Crippen LogP contribution in [0.25, 0.3) is 28.0 Å². The lowest BCUT2D eigenvalue weighted by atomic mass is 10.0. The van der Waals surface area contributed by atoms with Gasteiger partial charge in [-0.1, -0.05) is 28.9 Å². The van der Waals surface area contributed by atoms with Crippen molar-refractivity contribution < 1.29 is 4.39 Å². The number of rotatable bonds is 14. The summed E-state index contributed by atoms with van der Waals surface area (Å²) in [5.41, 5.74) is 20.0. The minimum atomic E-state index is -0.532. The van der Waals surface area contributed by atoms with Gasteiger partial charge in [0.2, 0.25) is 0 Å². The van der Waals surface area contributed by atoms with Crippen molar-refractivity contribution in [2.75, 3.05) is 13.1 Å². The number of fused-ring (bicyclic) bond motifs is 1. The first-order valence-electron chi connectivity index (χ1n) is 14.8. The monoisotopic (exact) mass is 633 g/mol. The number of hydrogen-bond donors (Lipinski definition) is 5. The molecule has 3 heterocycles. The summed E-state index contributed by atoms with van der Waals surface area (Å²) in [5, 5.41) is 12.2. The van der Waals surface area contributed by atoms with E-state index in [1.165, 1.54) is 4.57 Å². The second kappa shape index (κ2) is 14.5. The van der Waals surface area contributed by atoms with E-state index in [4.69, 9.17) is 28.8 Å². The van der Waals surface area contributed by atoms with Gasteiger partial charge in [-0.25, -0.2) is 9.18 Å². The molecule has 0 aliphatic rings. The van der Waals surface area contributed by atoms with Crippen molar-refractivity contribution in [2.45, 2.75) is 51.2 Å². The molecular formula is C31H37ClFN11O. The van der Waals surface area contributed by atoms with Crippen LogP contribution in [0.2, 0.25) is 5.02 Å². The number of nitrogens with two attached hydrogens (primary N) is 3. The van der Waals surface area contributed by atoms with Crippen molar-refractivity contribution in [1.82, 2.24) is 34.8 Å². The number of aliphatic imine (C=N–C) groups is 1. The van der Waals surface area contributed by atoms with Crippen LogP contribution in [0, 0.1) is 5.82 Å². The van der Waals surface area contributed by atoms with Crippen molar-refractivity contribution >= 4 is 28.6 Å². The summed E-state index contributed by atoms with van der Waals surface area (Å²) >= 11 is 6.26. The molecular weight excluding hydrogens is 597 g/mol. The summed E-state index contributed by atoms with van der Waals surface area (Å²) in [7, 11) is 0. The zero-order valence-electron chi connectivity index (χ0n) is 25.0. The molecule has 0 saturated heterocycles. The maximum atomic E-state index is 15.2. The molecule has 236 valence electrons. The quantitative estimate of drug-likeness (QED) is 0.0699. The van der Waals surface area contributed by atoms with E-state index in [2.05, 4.69) is 30.6 Å². The Kier molecular flexibility index (Phi) is 10.2. The number of guanidine groups is 1. The average molecular weight is 634 g/mol. The van der Waals surface area contributed by atoms with Crippen LogP contribution < -0.4 is 28.2 Å². The Bertz CT molecular complexity index is 1810. The number of H-pyrrole nitrogens is 1. The Morgan fingerprint density at radius 3 is 2.69 bits per heavy atom. The molecule has 8 N–H and O–H groups in total. The first-order chi connectivity index (χ1) is 21.7. The zero-order chi connectivity index (χ0) is 31.9. The third-order valence-corrected chi connectivity index (χ3v) is 7.72. The fourth-order valence-electron chi connectivity index (χ4n) is 5.17. The molecule has 2 aromatic carbocycles. The summed E-state index contributed by atoms with van der Waals surface area (Å²) in [6.07, 6.45) is 8.31. The van der Waals surface area contributed by atoms with E-state index in [0.717, 1.165) is 36.8 Å². The largest absolute Gasteiger partial charge is 0.370 e. The lowest BCUT2D eigenvalue weighted by Gasteiger charge is -2.19. The lowest BCUT2D eigenvalue weighted by Crippen LogP contribution is -2.28. The zero-order valence-corrected chi connectivity index (χ0v) is 25.7. The lowest BCUT2D eigenvalue weighted by molar-refractivity contribution is 0.430. The molecule has 12 nitrogen and oxygen atoms in total. The predicted molar refractivity (Wildman–Crippen MR) is 175 cm³/mol. The number of hydrogen-bond acceptors (Lipinski definition) is 7. The Balaban J connectivity index is 1.38. The smallest absolute Gasteiger partial charge is 0.354 e. The topological polar surface area (TPSA) is 184 Å². The van der Waals surface area contributed by atoms with Crippen molar-refractivity contribution in [3.05, 3.63) is 93.5 Å². The van der Waals surface area contributed by atoms with E-state index in [-0.39, 0.29) is 23.1 Å². The van der Waals surface area contributed by atoms with Gasteiger partial charge < -0.3 is 27.5 Å². The molecule has 0 amide bonds. The normalized spacial score (nSPS) is 12.8. The molecule has 45 heavy (non-hydrogen) atoms. The van der Waals surface area contributed by atoms with Gasteiger partial charge in [-0.15, -0.1) is 5.10 Å². The molecule has 0 radical (unpaired) electrons. The first-order valence-corrected chi connectivity index (χ1v) is 15.1. The average Bonchev–Trinajstić information content (AvgIpc) is 3.67. The minimum Gasteiger partial charge on any atom is -0.370 e. The Hall–Kier alpha value is -4.59. The van der Waals surface area contributed by atoms with E-state index in [9.17, 15) is 4.79 Å². The SMILES string of the molecule is C[C@H](N)CCCc1cc(Cl)c(F)c(-c2cc3cn(-c4ccc([C@H](Cn5ccnn5)NCCCN=C(N)N)cc4)c(=O)nc3[nH]2)c1. The second-order valence-electron chi connectivity index (χ2n) is 11.1. The van der Waals surface area contributed by atoms with Gasteiger partial charge in [-0.3, -0.25) is 14.2 Å². The van der Waals surface area contributed by atoms with Gasteiger partial charge in [0.15, 0.2) is 11.8 Å². The Morgan fingerprint density at radius 2 is 1.98 bits per heavy atom. The van der Waals surface area contributed by atoms with E-state index in [1.54, 1.807) is 41.5 Å². The van der Waals surface area contributed by atoms with Gasteiger partial charge in [0, 0.05) is 35.9 Å². The number of halogens is 2. The van der Waals surface area contributed by atoms with E-state index in [0.29, 0.717) is 47.6 Å². The predicted octanol–water partition coefficient (Wildman–Crippen LogP) is 3.43. The van der Waals surface area contributed by atoms with Crippen LogP contribution in [0.5, 0.6) is 0 Å². The van der Waals surface area contributed by atoms with Crippen LogP contribution in [-0.2, 0) is 13.0 Å². The van der Waals surface area contributed by atoms with Gasteiger partial charge in [0.05, 0.1) is 35.2 Å². The van der Waals surface area contributed by atoms with E-state index in [1.807, 2.05) is 31.2 Å². The van der Waals surface area contributed by atoms with Crippen molar-refractivity contribution in [3.8, 4) is 16.9 Å². The van der Waals surface area contributed by atoms with Gasteiger partial charge in [0.25, 0.3) is 0 Å². The molecule has 5 rings (SSSR count). The van der Waals surface area contributed by atoms with Crippen LogP contribution >= 0.6 is 11.6 Å². The van der Waals surface area contributed by atoms with E-state index < -0.39 is 11.5 Å². The second-order valence-corrected chi connectivity index (χ2v) is 11.5. The van der Waals surface area contributed by atoms with E-state index >= 15 is 4.39 Å². The highest BCUT2D eigenvalue weighted by Gasteiger charge is 2.17. The number of aromatic amines is 1. The Labute approximate surface area is 264 Å². The van der Waals surface area contributed by atoms with Crippen molar-refractivity contribution in [3.63, 3.8) is 0 Å². The molecule has 0 fully saturated rings. The third-order valence-electron chi connectivity index (χ3n) is 7.45. The maximum Gasteiger partial charge on any atom is 0.354 e. The van der Waals surface area contributed by atoms with Crippen molar-refractivity contribution in [2.24, 2.45) is 22.2 Å².